The first kappa shape index (κ1) is 17.4. The third kappa shape index (κ3) is 4.14. The number of nitrogens with two attached hydrogens (primary N) is 1. The van der Waals surface area contributed by atoms with Crippen molar-refractivity contribution in [1.29, 1.82) is 0 Å². The predicted octanol–water partition coefficient (Wildman–Crippen LogP) is 3.41. The van der Waals surface area contributed by atoms with Crippen LogP contribution in [0.4, 0.5) is 0 Å². The Bertz CT molecular complexity index is 898. The van der Waals surface area contributed by atoms with Crippen molar-refractivity contribution < 1.29 is 8.42 Å². The highest BCUT2D eigenvalue weighted by Crippen LogP contribution is 2.28. The van der Waals surface area contributed by atoms with Crippen molar-refractivity contribution in [1.82, 2.24) is 4.72 Å². The van der Waals surface area contributed by atoms with Gasteiger partial charge in [0, 0.05) is 0 Å². The molecule has 3 aromatic rings. The van der Waals surface area contributed by atoms with E-state index < -0.39 is 22.1 Å². The lowest BCUT2D eigenvalue weighted by molar-refractivity contribution is 0.504. The summed E-state index contributed by atoms with van der Waals surface area (Å²) in [6, 6.07) is 26.1. The minimum absolute atomic E-state index is 0.219. The average Bonchev–Trinajstić information content (AvgIpc) is 2.68. The lowest BCUT2D eigenvalue weighted by atomic mass is 9.95. The van der Waals surface area contributed by atoms with Crippen LogP contribution in [0.15, 0.2) is 95.9 Å². The summed E-state index contributed by atoms with van der Waals surface area (Å²) in [5, 5.41) is 0. The van der Waals surface area contributed by atoms with Gasteiger partial charge in [0.15, 0.2) is 0 Å². The molecule has 0 heterocycles. The maximum absolute atomic E-state index is 12.8. The number of sulfonamides is 1. The molecule has 0 bridgehead atoms. The molecule has 0 amide bonds. The second-order valence-electron chi connectivity index (χ2n) is 5.76. The zero-order valence-corrected chi connectivity index (χ0v) is 14.4. The van der Waals surface area contributed by atoms with Crippen molar-refractivity contribution >= 4 is 10.0 Å². The van der Waals surface area contributed by atoms with E-state index >= 15 is 0 Å². The van der Waals surface area contributed by atoms with Crippen LogP contribution in [-0.2, 0) is 10.0 Å². The molecule has 0 radical (unpaired) electrons. The lowest BCUT2D eigenvalue weighted by Gasteiger charge is -2.26. The molecular weight excluding hydrogens is 332 g/mol. The number of hydrogen-bond donors (Lipinski definition) is 2. The van der Waals surface area contributed by atoms with Gasteiger partial charge in [-0.05, 0) is 23.3 Å². The SMILES string of the molecule is NC(c1ccccc1)C(NS(=O)(=O)c1ccccc1)c1ccccc1. The van der Waals surface area contributed by atoms with Gasteiger partial charge in [-0.1, -0.05) is 78.9 Å². The molecule has 0 aliphatic heterocycles. The van der Waals surface area contributed by atoms with Gasteiger partial charge in [0.25, 0.3) is 0 Å². The zero-order chi connectivity index (χ0) is 17.7. The molecule has 0 fully saturated rings. The second-order valence-corrected chi connectivity index (χ2v) is 7.47. The van der Waals surface area contributed by atoms with E-state index in [1.165, 1.54) is 0 Å². The van der Waals surface area contributed by atoms with Crippen LogP contribution in [0, 0.1) is 0 Å². The summed E-state index contributed by atoms with van der Waals surface area (Å²) in [6.45, 7) is 0. The summed E-state index contributed by atoms with van der Waals surface area (Å²) in [5.74, 6) is 0. The third-order valence-corrected chi connectivity index (χ3v) is 5.49. The Kier molecular flexibility index (Phi) is 5.28. The van der Waals surface area contributed by atoms with Gasteiger partial charge in [-0.3, -0.25) is 0 Å². The van der Waals surface area contributed by atoms with E-state index in [4.69, 9.17) is 5.73 Å². The Balaban J connectivity index is 1.98. The van der Waals surface area contributed by atoms with Crippen LogP contribution in [0.3, 0.4) is 0 Å². The summed E-state index contributed by atoms with van der Waals surface area (Å²) >= 11 is 0. The van der Waals surface area contributed by atoms with Gasteiger partial charge in [-0.25, -0.2) is 13.1 Å². The molecule has 0 aliphatic rings. The highest BCUT2D eigenvalue weighted by atomic mass is 32.2. The van der Waals surface area contributed by atoms with E-state index in [-0.39, 0.29) is 4.90 Å². The predicted molar refractivity (Wildman–Crippen MR) is 99.3 cm³/mol. The molecule has 0 aromatic heterocycles. The first-order valence-corrected chi connectivity index (χ1v) is 9.49. The van der Waals surface area contributed by atoms with Crippen LogP contribution < -0.4 is 10.5 Å². The van der Waals surface area contributed by atoms with Crippen molar-refractivity contribution in [2.45, 2.75) is 17.0 Å². The summed E-state index contributed by atoms with van der Waals surface area (Å²) in [5.41, 5.74) is 8.12. The van der Waals surface area contributed by atoms with Crippen molar-refractivity contribution in [3.8, 4) is 0 Å². The smallest absolute Gasteiger partial charge is 0.241 e. The monoisotopic (exact) mass is 352 g/mol. The van der Waals surface area contributed by atoms with Crippen LogP contribution in [0.1, 0.15) is 23.2 Å². The standard InChI is InChI=1S/C20H20N2O2S/c21-19(16-10-4-1-5-11-16)20(17-12-6-2-7-13-17)22-25(23,24)18-14-8-3-9-15-18/h1-15,19-20,22H,21H2. The van der Waals surface area contributed by atoms with Gasteiger partial charge < -0.3 is 5.73 Å². The fraction of sp³-hybridized carbons (Fsp3) is 0.100. The topological polar surface area (TPSA) is 72.2 Å². The number of nitrogens with one attached hydrogen (secondary N) is 1. The Labute approximate surface area is 148 Å². The quantitative estimate of drug-likeness (QED) is 0.714. The fourth-order valence-electron chi connectivity index (χ4n) is 2.71. The van der Waals surface area contributed by atoms with E-state index in [1.54, 1.807) is 30.3 Å². The van der Waals surface area contributed by atoms with Crippen LogP contribution in [0.2, 0.25) is 0 Å². The Morgan fingerprint density at radius 2 is 1.12 bits per heavy atom. The van der Waals surface area contributed by atoms with E-state index in [1.807, 2.05) is 60.7 Å². The molecule has 3 N–H and O–H groups in total. The molecule has 128 valence electrons. The Hall–Kier alpha value is -2.47. The molecule has 5 heteroatoms. The number of rotatable bonds is 6. The molecule has 4 nitrogen and oxygen atoms in total. The molecule has 0 aliphatic carbocycles. The molecule has 3 rings (SSSR count). The molecule has 0 saturated carbocycles. The maximum atomic E-state index is 12.8. The summed E-state index contributed by atoms with van der Waals surface area (Å²) in [7, 11) is -3.69. The molecular formula is C20H20N2O2S. The van der Waals surface area contributed by atoms with Crippen molar-refractivity contribution in [3.05, 3.63) is 102 Å². The third-order valence-electron chi connectivity index (χ3n) is 4.04. The van der Waals surface area contributed by atoms with Crippen LogP contribution >= 0.6 is 0 Å². The molecule has 2 unspecified atom stereocenters. The molecule has 2 atom stereocenters. The first-order valence-electron chi connectivity index (χ1n) is 8.01. The highest BCUT2D eigenvalue weighted by Gasteiger charge is 2.27. The maximum Gasteiger partial charge on any atom is 0.241 e. The van der Waals surface area contributed by atoms with E-state index in [0.29, 0.717) is 0 Å². The minimum Gasteiger partial charge on any atom is -0.322 e. The first-order chi connectivity index (χ1) is 12.1. The van der Waals surface area contributed by atoms with Crippen molar-refractivity contribution in [2.24, 2.45) is 5.73 Å². The second kappa shape index (κ2) is 7.61. The summed E-state index contributed by atoms with van der Waals surface area (Å²) < 4.78 is 28.3. The molecule has 0 saturated heterocycles. The molecule has 0 spiro atoms. The van der Waals surface area contributed by atoms with E-state index in [2.05, 4.69) is 4.72 Å². The summed E-state index contributed by atoms with van der Waals surface area (Å²) in [6.07, 6.45) is 0. The number of hydrogen-bond acceptors (Lipinski definition) is 3. The summed E-state index contributed by atoms with van der Waals surface area (Å²) in [4.78, 5) is 0.219. The number of benzene rings is 3. The van der Waals surface area contributed by atoms with E-state index in [0.717, 1.165) is 11.1 Å². The molecule has 25 heavy (non-hydrogen) atoms. The van der Waals surface area contributed by atoms with Crippen molar-refractivity contribution in [3.63, 3.8) is 0 Å². The van der Waals surface area contributed by atoms with Crippen LogP contribution in [0.25, 0.3) is 0 Å². The largest absolute Gasteiger partial charge is 0.322 e. The van der Waals surface area contributed by atoms with Gasteiger partial charge in [0.1, 0.15) is 0 Å². The normalized spacial score (nSPS) is 14.0. The Morgan fingerprint density at radius 3 is 1.64 bits per heavy atom. The van der Waals surface area contributed by atoms with Gasteiger partial charge in [-0.15, -0.1) is 0 Å². The van der Waals surface area contributed by atoms with Gasteiger partial charge in [0.2, 0.25) is 10.0 Å². The van der Waals surface area contributed by atoms with E-state index in [9.17, 15) is 8.42 Å². The van der Waals surface area contributed by atoms with Crippen LogP contribution in [0.5, 0.6) is 0 Å². The average molecular weight is 352 g/mol. The highest BCUT2D eigenvalue weighted by molar-refractivity contribution is 7.89. The minimum atomic E-state index is -3.69. The van der Waals surface area contributed by atoms with Crippen molar-refractivity contribution in [2.75, 3.05) is 0 Å². The Morgan fingerprint density at radius 1 is 0.680 bits per heavy atom. The van der Waals surface area contributed by atoms with Gasteiger partial charge in [0.05, 0.1) is 17.0 Å². The molecule has 3 aromatic carbocycles. The van der Waals surface area contributed by atoms with Gasteiger partial charge >= 0.3 is 0 Å². The van der Waals surface area contributed by atoms with Gasteiger partial charge in [-0.2, -0.15) is 0 Å². The zero-order valence-electron chi connectivity index (χ0n) is 13.6. The lowest BCUT2D eigenvalue weighted by Crippen LogP contribution is -2.36. The fourth-order valence-corrected chi connectivity index (χ4v) is 3.98. The van der Waals surface area contributed by atoms with Crippen LogP contribution in [-0.4, -0.2) is 8.42 Å².